The second-order valence-electron chi connectivity index (χ2n) is 5.02. The lowest BCUT2D eigenvalue weighted by molar-refractivity contribution is -0.187. The number of ether oxygens (including phenoxy) is 2. The Labute approximate surface area is 138 Å². The van der Waals surface area contributed by atoms with E-state index in [0.29, 0.717) is 0 Å². The first-order chi connectivity index (χ1) is 11.3. The minimum Gasteiger partial charge on any atom is -0.481 e. The van der Waals surface area contributed by atoms with Gasteiger partial charge in [-0.15, -0.1) is 0 Å². The average Bonchev–Trinajstić information content (AvgIpc) is 2.52. The summed E-state index contributed by atoms with van der Waals surface area (Å²) in [7, 11) is 0. The van der Waals surface area contributed by atoms with E-state index in [1.54, 1.807) is 6.07 Å². The Bertz CT molecular complexity index is 624. The molecule has 1 aromatic rings. The summed E-state index contributed by atoms with van der Waals surface area (Å²) in [5.41, 5.74) is -2.73. The first kappa shape index (κ1) is 19.1. The topological polar surface area (TPSA) is 127 Å². The van der Waals surface area contributed by atoms with Crippen LogP contribution in [0.2, 0.25) is 0 Å². The van der Waals surface area contributed by atoms with Crippen LogP contribution in [0.25, 0.3) is 0 Å². The molecule has 2 atom stereocenters. The van der Waals surface area contributed by atoms with Crippen LogP contribution in [0, 0.1) is 5.92 Å². The fraction of sp³-hybridized carbons (Fsp3) is 0.375. The first-order valence-corrected chi connectivity index (χ1v) is 7.16. The molecule has 130 valence electrons. The van der Waals surface area contributed by atoms with Crippen molar-refractivity contribution in [1.29, 1.82) is 0 Å². The summed E-state index contributed by atoms with van der Waals surface area (Å²) in [5.74, 6) is -6.87. The van der Waals surface area contributed by atoms with Crippen LogP contribution in [0.4, 0.5) is 0 Å². The summed E-state index contributed by atoms with van der Waals surface area (Å²) >= 11 is 0. The minimum atomic E-state index is -2.75. The summed E-state index contributed by atoms with van der Waals surface area (Å²) < 4.78 is 9.70. The summed E-state index contributed by atoms with van der Waals surface area (Å²) in [6, 6.07) is 7.46. The van der Waals surface area contributed by atoms with Crippen molar-refractivity contribution in [2.45, 2.75) is 25.9 Å². The lowest BCUT2D eigenvalue weighted by atomic mass is 9.85. The van der Waals surface area contributed by atoms with Crippen molar-refractivity contribution in [2.75, 3.05) is 6.61 Å². The molecule has 0 fully saturated rings. The van der Waals surface area contributed by atoms with E-state index < -0.39 is 41.8 Å². The maximum atomic E-state index is 12.2. The van der Waals surface area contributed by atoms with E-state index in [4.69, 9.17) is 14.6 Å². The standard InChI is InChI=1S/C16H18O8/c1-3-23-15(22)16(14(20)21,10(2)9-12(17)18)24-13(19)11-7-5-4-6-8-11/h4-8,10H,3,9H2,1-2H3,(H,17,18)(H,20,21). The zero-order chi connectivity index (χ0) is 18.3. The fourth-order valence-corrected chi connectivity index (χ4v) is 2.11. The SMILES string of the molecule is CCOC(=O)C(OC(=O)c1ccccc1)(C(=O)O)C(C)CC(=O)O. The van der Waals surface area contributed by atoms with Crippen molar-refractivity contribution in [3.05, 3.63) is 35.9 Å². The molecule has 0 aliphatic carbocycles. The van der Waals surface area contributed by atoms with Gasteiger partial charge in [-0.3, -0.25) is 4.79 Å². The van der Waals surface area contributed by atoms with Gasteiger partial charge in [-0.1, -0.05) is 25.1 Å². The molecule has 8 nitrogen and oxygen atoms in total. The van der Waals surface area contributed by atoms with Gasteiger partial charge >= 0.3 is 29.5 Å². The van der Waals surface area contributed by atoms with Crippen molar-refractivity contribution in [3.8, 4) is 0 Å². The molecule has 0 amide bonds. The van der Waals surface area contributed by atoms with Crippen LogP contribution in [-0.4, -0.2) is 46.3 Å². The third-order valence-electron chi connectivity index (χ3n) is 3.33. The van der Waals surface area contributed by atoms with Crippen LogP contribution in [-0.2, 0) is 23.9 Å². The number of hydrogen-bond acceptors (Lipinski definition) is 6. The zero-order valence-electron chi connectivity index (χ0n) is 13.2. The van der Waals surface area contributed by atoms with Gasteiger partial charge in [-0.2, -0.15) is 0 Å². The molecule has 8 heteroatoms. The number of hydrogen-bond donors (Lipinski definition) is 2. The molecule has 0 radical (unpaired) electrons. The molecular weight excluding hydrogens is 320 g/mol. The number of aliphatic carboxylic acids is 2. The summed E-state index contributed by atoms with van der Waals surface area (Å²) in [6.07, 6.45) is -0.701. The fourth-order valence-electron chi connectivity index (χ4n) is 2.11. The molecule has 24 heavy (non-hydrogen) atoms. The van der Waals surface area contributed by atoms with Gasteiger partial charge in [0.05, 0.1) is 18.6 Å². The van der Waals surface area contributed by atoms with E-state index >= 15 is 0 Å². The van der Waals surface area contributed by atoms with Gasteiger partial charge in [0, 0.05) is 5.92 Å². The third-order valence-corrected chi connectivity index (χ3v) is 3.33. The van der Waals surface area contributed by atoms with Crippen LogP contribution >= 0.6 is 0 Å². The normalized spacial score (nSPS) is 14.1. The molecule has 1 aromatic carbocycles. The molecular formula is C16H18O8. The maximum Gasteiger partial charge on any atom is 0.362 e. The monoisotopic (exact) mass is 338 g/mol. The van der Waals surface area contributed by atoms with E-state index in [0.717, 1.165) is 0 Å². The minimum absolute atomic E-state index is 0.0231. The van der Waals surface area contributed by atoms with E-state index in [1.165, 1.54) is 38.1 Å². The Morgan fingerprint density at radius 1 is 1.12 bits per heavy atom. The molecule has 2 unspecified atom stereocenters. The van der Waals surface area contributed by atoms with Gasteiger partial charge in [-0.05, 0) is 19.1 Å². The number of rotatable bonds is 8. The highest BCUT2D eigenvalue weighted by Crippen LogP contribution is 2.29. The zero-order valence-corrected chi connectivity index (χ0v) is 13.2. The van der Waals surface area contributed by atoms with Gasteiger partial charge in [0.25, 0.3) is 0 Å². The molecule has 0 saturated carbocycles. The third kappa shape index (κ3) is 4.09. The van der Waals surface area contributed by atoms with Crippen molar-refractivity contribution in [2.24, 2.45) is 5.92 Å². The number of carbonyl (C=O) groups excluding carboxylic acids is 2. The molecule has 0 heterocycles. The summed E-state index contributed by atoms with van der Waals surface area (Å²) in [5, 5.41) is 18.4. The number of benzene rings is 1. The number of carboxylic acid groups (broad SMARTS) is 2. The molecule has 0 aromatic heterocycles. The first-order valence-electron chi connectivity index (χ1n) is 7.16. The van der Waals surface area contributed by atoms with Gasteiger partial charge in [-0.25, -0.2) is 14.4 Å². The Morgan fingerprint density at radius 2 is 1.71 bits per heavy atom. The van der Waals surface area contributed by atoms with Crippen LogP contribution in [0.5, 0.6) is 0 Å². The van der Waals surface area contributed by atoms with Gasteiger partial charge in [0.2, 0.25) is 0 Å². The van der Waals surface area contributed by atoms with Crippen LogP contribution < -0.4 is 0 Å². The molecule has 0 aliphatic heterocycles. The van der Waals surface area contributed by atoms with E-state index in [9.17, 15) is 24.3 Å². The smallest absolute Gasteiger partial charge is 0.362 e. The lowest BCUT2D eigenvalue weighted by Crippen LogP contribution is -2.56. The molecule has 0 aliphatic rings. The predicted molar refractivity (Wildman–Crippen MR) is 80.3 cm³/mol. The largest absolute Gasteiger partial charge is 0.481 e. The Balaban J connectivity index is 3.29. The van der Waals surface area contributed by atoms with Crippen molar-refractivity contribution in [3.63, 3.8) is 0 Å². The highest BCUT2D eigenvalue weighted by Gasteiger charge is 2.57. The highest BCUT2D eigenvalue weighted by atomic mass is 16.6. The molecule has 0 bridgehead atoms. The van der Waals surface area contributed by atoms with Crippen molar-refractivity contribution < 1.29 is 38.9 Å². The van der Waals surface area contributed by atoms with E-state index in [2.05, 4.69) is 0 Å². The van der Waals surface area contributed by atoms with Crippen molar-refractivity contribution >= 4 is 23.9 Å². The lowest BCUT2D eigenvalue weighted by Gasteiger charge is -2.31. The Hall–Kier alpha value is -2.90. The van der Waals surface area contributed by atoms with E-state index in [1.807, 2.05) is 0 Å². The van der Waals surface area contributed by atoms with Crippen LogP contribution in [0.15, 0.2) is 30.3 Å². The molecule has 0 spiro atoms. The predicted octanol–water partition coefficient (Wildman–Crippen LogP) is 1.34. The number of esters is 2. The second-order valence-corrected chi connectivity index (χ2v) is 5.02. The Morgan fingerprint density at radius 3 is 2.17 bits per heavy atom. The Kier molecular flexibility index (Phi) is 6.46. The number of carboxylic acids is 2. The summed E-state index contributed by atoms with van der Waals surface area (Å²) in [6.45, 7) is 2.49. The average molecular weight is 338 g/mol. The van der Waals surface area contributed by atoms with Crippen molar-refractivity contribution in [1.82, 2.24) is 0 Å². The van der Waals surface area contributed by atoms with E-state index in [-0.39, 0.29) is 12.2 Å². The molecule has 2 N–H and O–H groups in total. The van der Waals surface area contributed by atoms with Crippen LogP contribution in [0.3, 0.4) is 0 Å². The maximum absolute atomic E-state index is 12.2. The summed E-state index contributed by atoms with van der Waals surface area (Å²) in [4.78, 5) is 47.1. The number of carbonyl (C=O) groups is 4. The highest BCUT2D eigenvalue weighted by molar-refractivity contribution is 6.06. The quantitative estimate of drug-likeness (QED) is 0.537. The van der Waals surface area contributed by atoms with Gasteiger partial charge < -0.3 is 19.7 Å². The molecule has 1 rings (SSSR count). The van der Waals surface area contributed by atoms with Crippen LogP contribution in [0.1, 0.15) is 30.6 Å². The van der Waals surface area contributed by atoms with Gasteiger partial charge in [0.1, 0.15) is 0 Å². The van der Waals surface area contributed by atoms with Gasteiger partial charge in [0.15, 0.2) is 0 Å². The molecule has 0 saturated heterocycles. The second kappa shape index (κ2) is 8.09.